The van der Waals surface area contributed by atoms with E-state index in [1.165, 1.54) is 17.6 Å². The van der Waals surface area contributed by atoms with E-state index in [4.69, 9.17) is 4.74 Å². The van der Waals surface area contributed by atoms with E-state index >= 15 is 0 Å². The van der Waals surface area contributed by atoms with Gasteiger partial charge in [0, 0.05) is 39.8 Å². The van der Waals surface area contributed by atoms with E-state index < -0.39 is 5.54 Å². The average molecular weight is 415 g/mol. The fourth-order valence-electron chi connectivity index (χ4n) is 4.85. The first-order valence-electron chi connectivity index (χ1n) is 10.7. The van der Waals surface area contributed by atoms with Gasteiger partial charge >= 0.3 is 6.03 Å². The Kier molecular flexibility index (Phi) is 6.06. The number of benzene rings is 1. The Bertz CT molecular complexity index is 792. The highest BCUT2D eigenvalue weighted by atomic mass is 16.5. The summed E-state index contributed by atoms with van der Waals surface area (Å²) in [6.45, 7) is 3.42. The van der Waals surface area contributed by atoms with Gasteiger partial charge < -0.3 is 15.0 Å². The topological polar surface area (TPSA) is 82.2 Å². The summed E-state index contributed by atoms with van der Waals surface area (Å²) in [5.74, 6) is -0.226. The summed E-state index contributed by atoms with van der Waals surface area (Å²) in [6.07, 6.45) is 2.72. The van der Waals surface area contributed by atoms with Crippen molar-refractivity contribution < 1.29 is 19.1 Å². The third-order valence-electron chi connectivity index (χ3n) is 6.53. The summed E-state index contributed by atoms with van der Waals surface area (Å²) in [4.78, 5) is 43.7. The first-order chi connectivity index (χ1) is 14.5. The standard InChI is InChI=1S/C22H30N4O4/c1-30-16-19(27)25-11-5-8-18(15-25)26-20(28)22(23-21(26)29)9-12-24(13-10-22)14-17-6-3-2-4-7-17/h2-4,6-7,18H,5,8-16H2,1H3,(H,23,29)/t18-/m1/s1. The first kappa shape index (κ1) is 20.8. The number of piperidine rings is 2. The van der Waals surface area contributed by atoms with Gasteiger partial charge in [0.2, 0.25) is 5.91 Å². The second-order valence-electron chi connectivity index (χ2n) is 8.52. The molecule has 162 valence electrons. The molecule has 3 saturated heterocycles. The van der Waals surface area contributed by atoms with Crippen molar-refractivity contribution in [1.82, 2.24) is 20.0 Å². The maximum atomic E-state index is 13.4. The number of imide groups is 1. The molecule has 3 aliphatic heterocycles. The second-order valence-corrected chi connectivity index (χ2v) is 8.52. The number of nitrogens with zero attached hydrogens (tertiary/aromatic N) is 3. The second kappa shape index (κ2) is 8.73. The zero-order chi connectivity index (χ0) is 21.1. The van der Waals surface area contributed by atoms with Crippen molar-refractivity contribution in [1.29, 1.82) is 0 Å². The smallest absolute Gasteiger partial charge is 0.325 e. The molecule has 1 spiro atoms. The monoisotopic (exact) mass is 414 g/mol. The molecule has 8 heteroatoms. The largest absolute Gasteiger partial charge is 0.375 e. The molecule has 0 saturated carbocycles. The molecule has 4 rings (SSSR count). The Balaban J connectivity index is 1.39. The lowest BCUT2D eigenvalue weighted by molar-refractivity contribution is -0.141. The molecule has 4 amide bonds. The van der Waals surface area contributed by atoms with Crippen molar-refractivity contribution in [3.63, 3.8) is 0 Å². The SMILES string of the molecule is COCC(=O)N1CCC[C@@H](N2C(=O)NC3(CCN(Cc4ccccc4)CC3)C2=O)C1. The lowest BCUT2D eigenvalue weighted by atomic mass is 9.87. The Morgan fingerprint density at radius 2 is 1.90 bits per heavy atom. The maximum absolute atomic E-state index is 13.4. The third kappa shape index (κ3) is 4.06. The molecule has 3 heterocycles. The number of carbonyl (C=O) groups is 3. The predicted molar refractivity (Wildman–Crippen MR) is 111 cm³/mol. The average Bonchev–Trinajstić information content (AvgIpc) is 3.00. The van der Waals surface area contributed by atoms with E-state index in [0.717, 1.165) is 32.5 Å². The van der Waals surface area contributed by atoms with Gasteiger partial charge in [0.1, 0.15) is 12.1 Å². The van der Waals surface area contributed by atoms with Crippen molar-refractivity contribution >= 4 is 17.8 Å². The lowest BCUT2D eigenvalue weighted by Gasteiger charge is -2.39. The molecule has 1 N–H and O–H groups in total. The zero-order valence-corrected chi connectivity index (χ0v) is 17.5. The van der Waals surface area contributed by atoms with Crippen LogP contribution in [0.3, 0.4) is 0 Å². The molecule has 3 aliphatic rings. The third-order valence-corrected chi connectivity index (χ3v) is 6.53. The van der Waals surface area contributed by atoms with Gasteiger partial charge in [-0.15, -0.1) is 0 Å². The molecule has 0 aromatic heterocycles. The number of hydrogen-bond acceptors (Lipinski definition) is 5. The van der Waals surface area contributed by atoms with E-state index in [1.807, 2.05) is 18.2 Å². The normalized spacial score (nSPS) is 24.4. The Labute approximate surface area is 177 Å². The molecule has 0 aliphatic carbocycles. The van der Waals surface area contributed by atoms with Crippen LogP contribution in [0.4, 0.5) is 4.79 Å². The minimum Gasteiger partial charge on any atom is -0.375 e. The van der Waals surface area contributed by atoms with Gasteiger partial charge in [-0.2, -0.15) is 0 Å². The molecule has 8 nitrogen and oxygen atoms in total. The molecular formula is C22H30N4O4. The molecular weight excluding hydrogens is 384 g/mol. The molecule has 30 heavy (non-hydrogen) atoms. The number of hydrogen-bond donors (Lipinski definition) is 1. The summed E-state index contributed by atoms with van der Waals surface area (Å²) in [6, 6.07) is 9.69. The summed E-state index contributed by atoms with van der Waals surface area (Å²) in [5, 5.41) is 3.00. The number of amides is 4. The Hall–Kier alpha value is -2.45. The predicted octanol–water partition coefficient (Wildman–Crippen LogP) is 1.21. The number of likely N-dealkylation sites (tertiary alicyclic amines) is 2. The van der Waals surface area contributed by atoms with Gasteiger partial charge in [0.25, 0.3) is 5.91 Å². The van der Waals surface area contributed by atoms with Crippen LogP contribution >= 0.6 is 0 Å². The van der Waals surface area contributed by atoms with Gasteiger partial charge in [0.05, 0.1) is 6.04 Å². The fraction of sp³-hybridized carbons (Fsp3) is 0.591. The lowest BCUT2D eigenvalue weighted by Crippen LogP contribution is -2.56. The molecule has 0 bridgehead atoms. The van der Waals surface area contributed by atoms with Crippen LogP contribution in [-0.4, -0.2) is 84.0 Å². The Morgan fingerprint density at radius 1 is 1.17 bits per heavy atom. The van der Waals surface area contributed by atoms with Crippen LogP contribution in [0, 0.1) is 0 Å². The molecule has 0 unspecified atom stereocenters. The van der Waals surface area contributed by atoms with Gasteiger partial charge in [-0.3, -0.25) is 19.4 Å². The van der Waals surface area contributed by atoms with Crippen molar-refractivity contribution in [2.24, 2.45) is 0 Å². The fourth-order valence-corrected chi connectivity index (χ4v) is 4.85. The minimum atomic E-state index is -0.802. The minimum absolute atomic E-state index is 0.0219. The van der Waals surface area contributed by atoms with Crippen molar-refractivity contribution in [2.45, 2.75) is 43.8 Å². The highest BCUT2D eigenvalue weighted by Crippen LogP contribution is 2.32. The van der Waals surface area contributed by atoms with E-state index in [9.17, 15) is 14.4 Å². The van der Waals surface area contributed by atoms with Crippen molar-refractivity contribution in [3.8, 4) is 0 Å². The summed E-state index contributed by atoms with van der Waals surface area (Å²) >= 11 is 0. The van der Waals surface area contributed by atoms with Gasteiger partial charge in [-0.25, -0.2) is 4.79 Å². The number of urea groups is 1. The summed E-state index contributed by atoms with van der Waals surface area (Å²) in [7, 11) is 1.49. The van der Waals surface area contributed by atoms with E-state index in [2.05, 4.69) is 22.3 Å². The van der Waals surface area contributed by atoms with E-state index in [1.54, 1.807) is 4.90 Å². The number of carbonyl (C=O) groups excluding carboxylic acids is 3. The zero-order valence-electron chi connectivity index (χ0n) is 17.5. The van der Waals surface area contributed by atoms with Crippen molar-refractivity contribution in [2.75, 3.05) is 39.9 Å². The van der Waals surface area contributed by atoms with E-state index in [0.29, 0.717) is 25.9 Å². The van der Waals surface area contributed by atoms with Gasteiger partial charge in [-0.1, -0.05) is 30.3 Å². The highest BCUT2D eigenvalue weighted by molar-refractivity contribution is 6.07. The van der Waals surface area contributed by atoms with Crippen LogP contribution in [0.2, 0.25) is 0 Å². The quantitative estimate of drug-likeness (QED) is 0.733. The van der Waals surface area contributed by atoms with Crippen LogP contribution in [0.25, 0.3) is 0 Å². The van der Waals surface area contributed by atoms with Crippen LogP contribution in [0.15, 0.2) is 30.3 Å². The molecule has 3 fully saturated rings. The van der Waals surface area contributed by atoms with E-state index in [-0.39, 0.29) is 30.5 Å². The number of rotatable bonds is 5. The number of ether oxygens (including phenoxy) is 1. The Morgan fingerprint density at radius 3 is 2.60 bits per heavy atom. The van der Waals surface area contributed by atoms with Crippen LogP contribution in [0.1, 0.15) is 31.2 Å². The summed E-state index contributed by atoms with van der Waals surface area (Å²) < 4.78 is 4.95. The van der Waals surface area contributed by atoms with Crippen LogP contribution in [0.5, 0.6) is 0 Å². The maximum Gasteiger partial charge on any atom is 0.325 e. The molecule has 1 atom stereocenters. The highest BCUT2D eigenvalue weighted by Gasteiger charge is 2.54. The number of methoxy groups -OCH3 is 1. The van der Waals surface area contributed by atoms with Gasteiger partial charge in [0.15, 0.2) is 0 Å². The number of nitrogens with one attached hydrogen (secondary N) is 1. The van der Waals surface area contributed by atoms with Gasteiger partial charge in [-0.05, 0) is 31.2 Å². The molecule has 1 aromatic rings. The first-order valence-corrected chi connectivity index (χ1v) is 10.7. The van der Waals surface area contributed by atoms with Crippen LogP contribution in [-0.2, 0) is 20.9 Å². The summed E-state index contributed by atoms with van der Waals surface area (Å²) in [5.41, 5.74) is 0.447. The molecule has 0 radical (unpaired) electrons. The molecule has 1 aromatic carbocycles. The van der Waals surface area contributed by atoms with Crippen molar-refractivity contribution in [3.05, 3.63) is 35.9 Å². The van der Waals surface area contributed by atoms with Crippen LogP contribution < -0.4 is 5.32 Å².